The van der Waals surface area contributed by atoms with Crippen molar-refractivity contribution in [3.05, 3.63) is 239 Å². The summed E-state index contributed by atoms with van der Waals surface area (Å²) in [5.74, 6) is -0.653. The lowest BCUT2D eigenvalue weighted by molar-refractivity contribution is 0.590. The van der Waals surface area contributed by atoms with E-state index < -0.39 is 0 Å². The largest absolute Gasteiger partial charge is 0.455 e. The Bertz CT molecular complexity index is 3910. The van der Waals surface area contributed by atoms with Gasteiger partial charge in [-0.3, -0.25) is 0 Å². The van der Waals surface area contributed by atoms with Gasteiger partial charge in [0.05, 0.1) is 16.8 Å². The Hall–Kier alpha value is -8.28. The molecule has 372 valence electrons. The van der Waals surface area contributed by atoms with Crippen LogP contribution in [0.3, 0.4) is 0 Å². The Kier molecular flexibility index (Phi) is 12.3. The standard InChI is InChI=1S/C70H62F2N2O/c1-43-35-44(2)38-55(37-43)73(53-31-23-49(24-32-53)69(5,6)7)62-41-60(47-19-27-51(71)28-20-47)65(58-16-12-11-15-57(58)62)67-61(48-21-29-52(72)30-22-48)42-63(66-59-17-13-14-18-64(59)75-68(66)67)74(56-39-45(3)36-46(4)40-56)54-33-25-50(26-34-54)70(8,9)10/h11-42H,1-10H3. The Morgan fingerprint density at radius 2 is 0.773 bits per heavy atom. The van der Waals surface area contributed by atoms with Crippen molar-refractivity contribution in [2.45, 2.75) is 80.1 Å². The summed E-state index contributed by atoms with van der Waals surface area (Å²) in [6.07, 6.45) is 0. The molecule has 75 heavy (non-hydrogen) atoms. The molecule has 0 aliphatic rings. The van der Waals surface area contributed by atoms with Crippen LogP contribution in [0.25, 0.3) is 66.1 Å². The number of para-hydroxylation sites is 1. The minimum atomic E-state index is -0.329. The van der Waals surface area contributed by atoms with Crippen molar-refractivity contribution >= 4 is 66.8 Å². The third-order valence-electron chi connectivity index (χ3n) is 14.6. The summed E-state index contributed by atoms with van der Waals surface area (Å²) < 4.78 is 37.9. The van der Waals surface area contributed by atoms with Gasteiger partial charge in [-0.2, -0.15) is 0 Å². The highest BCUT2D eigenvalue weighted by molar-refractivity contribution is 6.24. The Morgan fingerprint density at radius 1 is 0.373 bits per heavy atom. The summed E-state index contributed by atoms with van der Waals surface area (Å²) in [5.41, 5.74) is 19.4. The lowest BCUT2D eigenvalue weighted by Crippen LogP contribution is -2.14. The van der Waals surface area contributed by atoms with Gasteiger partial charge in [0.2, 0.25) is 0 Å². The lowest BCUT2D eigenvalue weighted by atomic mass is 9.83. The topological polar surface area (TPSA) is 19.6 Å². The Morgan fingerprint density at radius 3 is 1.24 bits per heavy atom. The van der Waals surface area contributed by atoms with E-state index in [0.29, 0.717) is 5.58 Å². The number of nitrogens with zero attached hydrogens (tertiary/aromatic N) is 2. The molecule has 0 fully saturated rings. The number of aryl methyl sites for hydroxylation is 4. The molecule has 0 saturated heterocycles. The van der Waals surface area contributed by atoms with E-state index in [-0.39, 0.29) is 22.5 Å². The van der Waals surface area contributed by atoms with Crippen molar-refractivity contribution in [2.24, 2.45) is 0 Å². The third-order valence-corrected chi connectivity index (χ3v) is 14.6. The quantitative estimate of drug-likeness (QED) is 0.144. The second-order valence-electron chi connectivity index (χ2n) is 22.5. The van der Waals surface area contributed by atoms with Gasteiger partial charge in [0.15, 0.2) is 0 Å². The molecule has 0 N–H and O–H groups in total. The van der Waals surface area contributed by atoms with Crippen LogP contribution in [0.2, 0.25) is 0 Å². The van der Waals surface area contributed by atoms with Crippen LogP contribution in [0.1, 0.15) is 74.9 Å². The van der Waals surface area contributed by atoms with E-state index in [1.165, 1.54) is 35.4 Å². The summed E-state index contributed by atoms with van der Waals surface area (Å²) >= 11 is 0. The van der Waals surface area contributed by atoms with E-state index in [0.717, 1.165) is 117 Å². The molecule has 0 bridgehead atoms. The van der Waals surface area contributed by atoms with Gasteiger partial charge in [0, 0.05) is 44.6 Å². The van der Waals surface area contributed by atoms with Gasteiger partial charge < -0.3 is 14.2 Å². The maximum absolute atomic E-state index is 15.3. The first-order valence-corrected chi connectivity index (χ1v) is 25.9. The molecule has 11 rings (SSSR count). The fraction of sp³-hybridized carbons (Fsp3) is 0.171. The smallest absolute Gasteiger partial charge is 0.146 e. The van der Waals surface area contributed by atoms with Crippen LogP contribution in [-0.2, 0) is 10.8 Å². The molecule has 1 aromatic heterocycles. The average molecular weight is 985 g/mol. The molecular weight excluding hydrogens is 923 g/mol. The van der Waals surface area contributed by atoms with Crippen LogP contribution >= 0.6 is 0 Å². The molecule has 0 saturated carbocycles. The fourth-order valence-electron chi connectivity index (χ4n) is 11.1. The SMILES string of the molecule is Cc1cc(C)cc(N(c2ccc(C(C)(C)C)cc2)c2cc(-c3ccc(F)cc3)c(-c3c(-c4ccc(F)cc4)cc(N(c4ccc(C(C)(C)C)cc4)c4cc(C)cc(C)c4)c4c3oc3ccccc34)c3ccccc23)c1. The molecule has 1 heterocycles. The molecule has 0 atom stereocenters. The van der Waals surface area contributed by atoms with Crippen molar-refractivity contribution in [3.8, 4) is 33.4 Å². The van der Waals surface area contributed by atoms with Gasteiger partial charge in [-0.05, 0) is 191 Å². The summed E-state index contributed by atoms with van der Waals surface area (Å²) in [6, 6.07) is 66.2. The van der Waals surface area contributed by atoms with Gasteiger partial charge in [-0.1, -0.05) is 145 Å². The number of halogens is 2. The second-order valence-corrected chi connectivity index (χ2v) is 22.5. The molecule has 5 heteroatoms. The zero-order chi connectivity index (χ0) is 52.5. The maximum atomic E-state index is 15.3. The van der Waals surface area contributed by atoms with E-state index >= 15 is 8.78 Å². The van der Waals surface area contributed by atoms with Gasteiger partial charge in [0.25, 0.3) is 0 Å². The van der Waals surface area contributed by atoms with E-state index in [2.05, 4.69) is 212 Å². The van der Waals surface area contributed by atoms with Crippen LogP contribution in [0.4, 0.5) is 42.9 Å². The van der Waals surface area contributed by atoms with Crippen LogP contribution in [0, 0.1) is 39.3 Å². The Labute approximate surface area is 440 Å². The number of hydrogen-bond donors (Lipinski definition) is 0. The van der Waals surface area contributed by atoms with Crippen molar-refractivity contribution in [1.82, 2.24) is 0 Å². The van der Waals surface area contributed by atoms with Crippen LogP contribution in [-0.4, -0.2) is 0 Å². The minimum Gasteiger partial charge on any atom is -0.455 e. The van der Waals surface area contributed by atoms with Crippen molar-refractivity contribution < 1.29 is 13.2 Å². The van der Waals surface area contributed by atoms with Gasteiger partial charge in [-0.15, -0.1) is 0 Å². The minimum absolute atomic E-state index is 0.0416. The number of rotatable bonds is 9. The summed E-state index contributed by atoms with van der Waals surface area (Å²) in [4.78, 5) is 4.71. The highest BCUT2D eigenvalue weighted by atomic mass is 19.1. The number of furan rings is 1. The molecule has 0 radical (unpaired) electrons. The highest BCUT2D eigenvalue weighted by Crippen LogP contribution is 2.55. The van der Waals surface area contributed by atoms with Gasteiger partial charge in [0.1, 0.15) is 22.8 Å². The molecule has 0 aliphatic carbocycles. The number of benzene rings is 10. The molecule has 0 spiro atoms. The molecule has 10 aromatic carbocycles. The maximum Gasteiger partial charge on any atom is 0.146 e. The molecule has 0 amide bonds. The molecule has 3 nitrogen and oxygen atoms in total. The first-order valence-electron chi connectivity index (χ1n) is 25.9. The Balaban J connectivity index is 1.31. The van der Waals surface area contributed by atoms with Crippen LogP contribution < -0.4 is 9.80 Å². The lowest BCUT2D eigenvalue weighted by Gasteiger charge is -2.31. The summed E-state index contributed by atoms with van der Waals surface area (Å²) in [7, 11) is 0. The molecule has 11 aromatic rings. The number of fused-ring (bicyclic) bond motifs is 4. The second kappa shape index (κ2) is 18.9. The van der Waals surface area contributed by atoms with Crippen molar-refractivity contribution in [1.29, 1.82) is 0 Å². The zero-order valence-electron chi connectivity index (χ0n) is 44.5. The molecule has 0 aliphatic heterocycles. The first kappa shape index (κ1) is 49.0. The zero-order valence-corrected chi connectivity index (χ0v) is 44.5. The molecular formula is C70H62F2N2O. The summed E-state index contributed by atoms with van der Waals surface area (Å²) in [5, 5.41) is 3.86. The molecule has 0 unspecified atom stereocenters. The van der Waals surface area contributed by atoms with E-state index in [1.54, 1.807) is 0 Å². The van der Waals surface area contributed by atoms with Crippen molar-refractivity contribution in [2.75, 3.05) is 9.80 Å². The highest BCUT2D eigenvalue weighted by Gasteiger charge is 2.30. The first-order chi connectivity index (χ1) is 35.9. The third kappa shape index (κ3) is 9.26. The normalized spacial score (nSPS) is 12.0. The number of hydrogen-bond acceptors (Lipinski definition) is 3. The van der Waals surface area contributed by atoms with E-state index in [1.807, 2.05) is 36.4 Å². The fourth-order valence-corrected chi connectivity index (χ4v) is 11.1. The van der Waals surface area contributed by atoms with Crippen LogP contribution in [0.5, 0.6) is 0 Å². The monoisotopic (exact) mass is 984 g/mol. The predicted octanol–water partition coefficient (Wildman–Crippen LogP) is 20.8. The number of anilines is 6. The van der Waals surface area contributed by atoms with Crippen molar-refractivity contribution in [3.63, 3.8) is 0 Å². The van der Waals surface area contributed by atoms with Crippen LogP contribution in [0.15, 0.2) is 199 Å². The van der Waals surface area contributed by atoms with Gasteiger partial charge >= 0.3 is 0 Å². The predicted molar refractivity (Wildman–Crippen MR) is 313 cm³/mol. The average Bonchev–Trinajstić information content (AvgIpc) is 3.85. The summed E-state index contributed by atoms with van der Waals surface area (Å²) in [6.45, 7) is 22.0. The van der Waals surface area contributed by atoms with Gasteiger partial charge in [-0.25, -0.2) is 8.78 Å². The van der Waals surface area contributed by atoms with E-state index in [9.17, 15) is 0 Å². The van der Waals surface area contributed by atoms with E-state index in [4.69, 9.17) is 4.42 Å².